The Bertz CT molecular complexity index is 650. The largest absolute Gasteiger partial charge is 0.549 e. The smallest absolute Gasteiger partial charge is 0.277 e. The lowest BCUT2D eigenvalue weighted by Crippen LogP contribution is -2.31. The molecule has 6 nitrogen and oxygen atoms in total. The van der Waals surface area contributed by atoms with E-state index in [9.17, 15) is 9.90 Å². The summed E-state index contributed by atoms with van der Waals surface area (Å²) >= 11 is 12.6. The van der Waals surface area contributed by atoms with Crippen LogP contribution in [0.15, 0.2) is 27.8 Å². The molecule has 0 spiro atoms. The van der Waals surface area contributed by atoms with Gasteiger partial charge < -0.3 is 19.1 Å². The van der Waals surface area contributed by atoms with Crippen LogP contribution in [0, 0.1) is 0 Å². The van der Waals surface area contributed by atoms with E-state index in [0.717, 1.165) is 11.8 Å². The van der Waals surface area contributed by atoms with Gasteiger partial charge in [-0.25, -0.2) is 0 Å². The highest BCUT2D eigenvalue weighted by Crippen LogP contribution is 2.28. The summed E-state index contributed by atoms with van der Waals surface area (Å²) in [4.78, 5) is 10.6. The fourth-order valence-electron chi connectivity index (χ4n) is 1.28. The number of aromatic nitrogens is 2. The lowest BCUT2D eigenvalue weighted by Gasteiger charge is -2.07. The molecule has 2 rings (SSSR count). The summed E-state index contributed by atoms with van der Waals surface area (Å²) in [7, 11) is 0. The first-order valence-electron chi connectivity index (χ1n) is 5.73. The van der Waals surface area contributed by atoms with Gasteiger partial charge in [-0.2, -0.15) is 0 Å². The molecule has 1 aromatic heterocycles. The third-order valence-corrected chi connectivity index (χ3v) is 3.75. The number of aliphatic carboxylic acids is 1. The van der Waals surface area contributed by atoms with Crippen molar-refractivity contribution in [1.82, 2.24) is 10.2 Å². The Kier molecular flexibility index (Phi) is 5.33. The average molecular weight is 348 g/mol. The third-order valence-electron chi connectivity index (χ3n) is 2.30. The van der Waals surface area contributed by atoms with Crippen molar-refractivity contribution in [2.45, 2.75) is 24.0 Å². The quantitative estimate of drug-likeness (QED) is 0.739. The molecule has 21 heavy (non-hydrogen) atoms. The van der Waals surface area contributed by atoms with Gasteiger partial charge in [0.25, 0.3) is 11.1 Å². The molecule has 1 aromatic carbocycles. The van der Waals surface area contributed by atoms with Gasteiger partial charge in [-0.05, 0) is 25.1 Å². The molecule has 1 heterocycles. The van der Waals surface area contributed by atoms with Crippen LogP contribution < -0.4 is 9.84 Å². The van der Waals surface area contributed by atoms with Crippen LogP contribution in [0.25, 0.3) is 0 Å². The van der Waals surface area contributed by atoms with Crippen LogP contribution in [0.1, 0.15) is 12.8 Å². The van der Waals surface area contributed by atoms with Gasteiger partial charge in [0, 0.05) is 5.02 Å². The monoisotopic (exact) mass is 347 g/mol. The molecule has 0 amide bonds. The maximum Gasteiger partial charge on any atom is 0.277 e. The lowest BCUT2D eigenvalue weighted by atomic mass is 10.3. The van der Waals surface area contributed by atoms with E-state index in [1.807, 2.05) is 0 Å². The van der Waals surface area contributed by atoms with E-state index in [2.05, 4.69) is 10.2 Å². The maximum absolute atomic E-state index is 10.6. The number of carboxylic acids is 1. The van der Waals surface area contributed by atoms with Crippen molar-refractivity contribution in [3.8, 4) is 5.75 Å². The van der Waals surface area contributed by atoms with Crippen molar-refractivity contribution >= 4 is 40.9 Å². The maximum atomic E-state index is 10.6. The predicted molar refractivity (Wildman–Crippen MR) is 75.4 cm³/mol. The van der Waals surface area contributed by atoms with Crippen LogP contribution in [0.4, 0.5) is 0 Å². The summed E-state index contributed by atoms with van der Waals surface area (Å²) in [5, 5.41) is 18.3. The van der Waals surface area contributed by atoms with Gasteiger partial charge >= 0.3 is 0 Å². The highest BCUT2D eigenvalue weighted by molar-refractivity contribution is 8.00. The molecular weight excluding hydrogens is 339 g/mol. The van der Waals surface area contributed by atoms with Crippen LogP contribution in [0.5, 0.6) is 5.75 Å². The number of ether oxygens (including phenoxy) is 1. The number of thioether (sulfide) groups is 1. The number of hydrogen-bond donors (Lipinski definition) is 0. The van der Waals surface area contributed by atoms with Gasteiger partial charge in [-0.15, -0.1) is 10.2 Å². The predicted octanol–water partition coefficient (Wildman–Crippen LogP) is 2.19. The number of carboxylic acid groups (broad SMARTS) is 1. The summed E-state index contributed by atoms with van der Waals surface area (Å²) < 4.78 is 10.7. The minimum atomic E-state index is -1.20. The zero-order valence-electron chi connectivity index (χ0n) is 10.7. The van der Waals surface area contributed by atoms with Crippen molar-refractivity contribution in [3.63, 3.8) is 0 Å². The Morgan fingerprint density at radius 2 is 2.24 bits per heavy atom. The first-order valence-corrected chi connectivity index (χ1v) is 7.37. The third kappa shape index (κ3) is 4.52. The molecule has 0 radical (unpaired) electrons. The van der Waals surface area contributed by atoms with E-state index in [0.29, 0.717) is 15.8 Å². The van der Waals surface area contributed by atoms with Crippen LogP contribution >= 0.6 is 35.0 Å². The second kappa shape index (κ2) is 7.02. The summed E-state index contributed by atoms with van der Waals surface area (Å²) in [6, 6.07) is 4.81. The van der Waals surface area contributed by atoms with Crippen molar-refractivity contribution in [2.24, 2.45) is 0 Å². The molecule has 2 aromatic rings. The normalized spacial score (nSPS) is 12.1. The molecule has 9 heteroatoms. The second-order valence-corrected chi connectivity index (χ2v) is 6.04. The van der Waals surface area contributed by atoms with Gasteiger partial charge in [0.15, 0.2) is 6.61 Å². The average Bonchev–Trinajstić information content (AvgIpc) is 2.85. The molecule has 0 aliphatic rings. The number of hydrogen-bond acceptors (Lipinski definition) is 7. The minimum Gasteiger partial charge on any atom is -0.549 e. The second-order valence-electron chi connectivity index (χ2n) is 3.90. The van der Waals surface area contributed by atoms with Gasteiger partial charge in [0.2, 0.25) is 0 Å². The molecule has 0 N–H and O–H groups in total. The topological polar surface area (TPSA) is 88.3 Å². The summed E-state index contributed by atoms with van der Waals surface area (Å²) in [5.74, 6) is -0.574. The molecule has 0 saturated heterocycles. The molecule has 1 atom stereocenters. The van der Waals surface area contributed by atoms with Crippen molar-refractivity contribution in [1.29, 1.82) is 0 Å². The Labute approximate surface area is 134 Å². The standard InChI is InChI=1S/C12H10Cl2N2O4S/c1-6(11(17)18)21-12-16-15-10(20-12)5-19-9-3-2-7(13)4-8(9)14/h2-4,6H,5H2,1H3,(H,17,18)/p-1/t6-/m1/s1. The van der Waals surface area contributed by atoms with E-state index in [1.165, 1.54) is 6.92 Å². The van der Waals surface area contributed by atoms with Gasteiger partial charge in [-0.1, -0.05) is 35.0 Å². The molecule has 0 fully saturated rings. The minimum absolute atomic E-state index is 0.00855. The highest BCUT2D eigenvalue weighted by atomic mass is 35.5. The Morgan fingerprint density at radius 1 is 1.48 bits per heavy atom. The van der Waals surface area contributed by atoms with Gasteiger partial charge in [0.05, 0.1) is 16.2 Å². The fraction of sp³-hybridized carbons (Fsp3) is 0.250. The fourth-order valence-corrected chi connectivity index (χ4v) is 2.37. The first-order chi connectivity index (χ1) is 9.95. The van der Waals surface area contributed by atoms with Crippen molar-refractivity contribution < 1.29 is 19.1 Å². The molecule has 0 aliphatic heterocycles. The van der Waals surface area contributed by atoms with Crippen LogP contribution in [-0.4, -0.2) is 21.4 Å². The van der Waals surface area contributed by atoms with Gasteiger partial charge in [0.1, 0.15) is 5.75 Å². The summed E-state index contributed by atoms with van der Waals surface area (Å²) in [5.41, 5.74) is 0. The zero-order chi connectivity index (χ0) is 15.4. The summed E-state index contributed by atoms with van der Waals surface area (Å²) in [6.07, 6.45) is 0. The van der Waals surface area contributed by atoms with E-state index in [-0.39, 0.29) is 17.7 Å². The van der Waals surface area contributed by atoms with Crippen molar-refractivity contribution in [2.75, 3.05) is 0 Å². The summed E-state index contributed by atoms with van der Waals surface area (Å²) in [6.45, 7) is 1.47. The highest BCUT2D eigenvalue weighted by Gasteiger charge is 2.13. The zero-order valence-corrected chi connectivity index (χ0v) is 13.0. The van der Waals surface area contributed by atoms with E-state index >= 15 is 0 Å². The Hall–Kier alpha value is -1.44. The number of nitrogens with zero attached hydrogens (tertiary/aromatic N) is 2. The van der Waals surface area contributed by atoms with Crippen LogP contribution in [0.2, 0.25) is 10.0 Å². The van der Waals surface area contributed by atoms with Crippen LogP contribution in [0.3, 0.4) is 0 Å². The molecule has 0 bridgehead atoms. The number of rotatable bonds is 6. The molecule has 112 valence electrons. The molecular formula is C12H9Cl2N2O4S-. The van der Waals surface area contributed by atoms with E-state index in [1.54, 1.807) is 18.2 Å². The van der Waals surface area contributed by atoms with E-state index in [4.69, 9.17) is 32.4 Å². The van der Waals surface area contributed by atoms with E-state index < -0.39 is 11.2 Å². The number of benzene rings is 1. The molecule has 0 saturated carbocycles. The molecule has 0 unspecified atom stereocenters. The number of carbonyl (C=O) groups excluding carboxylic acids is 1. The van der Waals surface area contributed by atoms with Crippen molar-refractivity contribution in [3.05, 3.63) is 34.1 Å². The SMILES string of the molecule is C[C@@H](Sc1nnc(COc2ccc(Cl)cc2Cl)o1)C(=O)[O-]. The Morgan fingerprint density at radius 3 is 2.90 bits per heavy atom. The molecule has 0 aliphatic carbocycles. The number of halogens is 2. The lowest BCUT2D eigenvalue weighted by molar-refractivity contribution is -0.304. The van der Waals surface area contributed by atoms with Gasteiger partial charge in [-0.3, -0.25) is 0 Å². The number of carbonyl (C=O) groups is 1. The first kappa shape index (κ1) is 15.9. The Balaban J connectivity index is 1.95. The van der Waals surface area contributed by atoms with Crippen LogP contribution in [-0.2, 0) is 11.4 Å².